The van der Waals surface area contributed by atoms with Crippen molar-refractivity contribution in [2.75, 3.05) is 46.2 Å². The molecule has 0 aromatic rings. The molecule has 0 radical (unpaired) electrons. The highest BCUT2D eigenvalue weighted by molar-refractivity contribution is 5.31. The molecule has 0 aromatic carbocycles. The van der Waals surface area contributed by atoms with Crippen molar-refractivity contribution in [2.45, 2.75) is 282 Å². The average Bonchev–Trinajstić information content (AvgIpc) is 1.49. The number of hydrogen-bond acceptors (Lipinski definition) is 33. The Labute approximate surface area is 553 Å². The van der Waals surface area contributed by atoms with Crippen molar-refractivity contribution in [3.63, 3.8) is 0 Å². The fraction of sp³-hybridized carbons (Fsp3) is 0.937. The van der Waals surface area contributed by atoms with Gasteiger partial charge in [-0.2, -0.15) is 0 Å². The van der Waals surface area contributed by atoms with Gasteiger partial charge in [0.1, 0.15) is 146 Å². The minimum Gasteiger partial charge on any atom is -0.494 e. The Morgan fingerprint density at radius 2 is 1.02 bits per heavy atom. The van der Waals surface area contributed by atoms with E-state index in [4.69, 9.17) is 61.6 Å². The number of hydrogen-bond donors (Lipinski definition) is 20. The second kappa shape index (κ2) is 30.0. The summed E-state index contributed by atoms with van der Waals surface area (Å²) in [4.78, 5) is 0. The van der Waals surface area contributed by atoms with Crippen molar-refractivity contribution < 1.29 is 164 Å². The molecular formula is C63H102O33. The van der Waals surface area contributed by atoms with Gasteiger partial charge in [-0.15, -0.1) is 0 Å². The zero-order valence-corrected chi connectivity index (χ0v) is 54.2. The molecule has 0 unspecified atom stereocenters. The van der Waals surface area contributed by atoms with Crippen LogP contribution in [0.2, 0.25) is 0 Å². The molecule has 6 saturated heterocycles. The van der Waals surface area contributed by atoms with Gasteiger partial charge in [0.05, 0.1) is 64.2 Å². The summed E-state index contributed by atoms with van der Waals surface area (Å²) in [5.41, 5.74) is 1.37. The minimum atomic E-state index is -2.23. The molecule has 9 fully saturated rings. The van der Waals surface area contributed by atoms with Crippen LogP contribution in [0.3, 0.4) is 0 Å². The summed E-state index contributed by atoms with van der Waals surface area (Å²) in [6.45, 7) is 5.93. The number of rotatable bonds is 21. The third-order valence-electron chi connectivity index (χ3n) is 23.0. The molecule has 3 saturated carbocycles. The van der Waals surface area contributed by atoms with Gasteiger partial charge in [0.15, 0.2) is 37.7 Å². The molecule has 0 aromatic heterocycles. The second-order valence-electron chi connectivity index (χ2n) is 29.6. The van der Waals surface area contributed by atoms with E-state index >= 15 is 0 Å². The largest absolute Gasteiger partial charge is 0.494 e. The van der Waals surface area contributed by atoms with Gasteiger partial charge in [0.25, 0.3) is 0 Å². The molecule has 7 aliphatic heterocycles. The Hall–Kier alpha value is -2.00. The lowest BCUT2D eigenvalue weighted by molar-refractivity contribution is -0.409. The van der Waals surface area contributed by atoms with Crippen molar-refractivity contribution in [3.05, 3.63) is 23.0 Å². The first-order valence-corrected chi connectivity index (χ1v) is 33.5. The van der Waals surface area contributed by atoms with Crippen molar-refractivity contribution in [1.82, 2.24) is 0 Å². The van der Waals surface area contributed by atoms with Crippen LogP contribution in [0.25, 0.3) is 0 Å². The van der Waals surface area contributed by atoms with Crippen LogP contribution in [0.15, 0.2) is 23.0 Å². The molecule has 96 heavy (non-hydrogen) atoms. The normalized spacial score (nSPS) is 52.2. The van der Waals surface area contributed by atoms with E-state index < -0.39 is 241 Å². The summed E-state index contributed by atoms with van der Waals surface area (Å²) in [7, 11) is 0. The number of ether oxygens (including phenoxy) is 13. The van der Waals surface area contributed by atoms with Crippen molar-refractivity contribution in [3.8, 4) is 0 Å². The maximum absolute atomic E-state index is 12.1. The predicted molar refractivity (Wildman–Crippen MR) is 315 cm³/mol. The van der Waals surface area contributed by atoms with Crippen LogP contribution in [0, 0.1) is 39.9 Å². The van der Waals surface area contributed by atoms with Gasteiger partial charge in [0, 0.05) is 12.3 Å². The molecule has 0 spiro atoms. The predicted octanol–water partition coefficient (Wildman–Crippen LogP) is -7.44. The van der Waals surface area contributed by atoms with Crippen molar-refractivity contribution in [2.24, 2.45) is 39.9 Å². The summed E-state index contributed by atoms with van der Waals surface area (Å²) in [6.07, 6.45) is -47.3. The summed E-state index contributed by atoms with van der Waals surface area (Å²) < 4.78 is 77.9. The lowest BCUT2D eigenvalue weighted by atomic mass is 9.47. The highest BCUT2D eigenvalue weighted by atomic mass is 16.8. The molecule has 0 amide bonds. The lowest BCUT2D eigenvalue weighted by Crippen LogP contribution is -2.69. The Morgan fingerprint density at radius 3 is 1.66 bits per heavy atom. The van der Waals surface area contributed by atoms with E-state index in [1.165, 1.54) is 5.57 Å². The molecule has 11 rings (SSSR count). The molecule has 4 aliphatic carbocycles. The Kier molecular flexibility index (Phi) is 23.5. The first kappa shape index (κ1) is 75.2. The van der Waals surface area contributed by atoms with Crippen molar-refractivity contribution >= 4 is 0 Å². The molecule has 38 atom stereocenters. The first-order chi connectivity index (χ1) is 45.4. The zero-order chi connectivity index (χ0) is 69.5. The summed E-state index contributed by atoms with van der Waals surface area (Å²) in [5.74, 6) is 1.94. The van der Waals surface area contributed by atoms with Crippen LogP contribution in [0.5, 0.6) is 0 Å². The minimum absolute atomic E-state index is 0.0152. The average molecular weight is 1390 g/mol. The number of fused-ring (bicyclic) bond motifs is 7. The summed E-state index contributed by atoms with van der Waals surface area (Å²) in [6, 6.07) is 0. The Bertz CT molecular complexity index is 2640. The van der Waals surface area contributed by atoms with Gasteiger partial charge < -0.3 is 164 Å². The first-order valence-electron chi connectivity index (χ1n) is 33.5. The zero-order valence-electron chi connectivity index (χ0n) is 54.2. The number of aliphatic hydroxyl groups is 20. The number of allylic oxidation sites excluding steroid dienone is 2. The maximum Gasteiger partial charge on any atom is 0.187 e. The van der Waals surface area contributed by atoms with Crippen molar-refractivity contribution in [1.29, 1.82) is 0 Å². The van der Waals surface area contributed by atoms with Gasteiger partial charge in [-0.1, -0.05) is 39.3 Å². The molecule has 0 bridgehead atoms. The highest BCUT2D eigenvalue weighted by Crippen LogP contribution is 2.69. The van der Waals surface area contributed by atoms with Crippen LogP contribution in [-0.4, -0.2) is 345 Å². The Morgan fingerprint density at radius 1 is 0.510 bits per heavy atom. The SMILES string of the molecule is CC1=C(CCC(C)(C)CO[C@@H]2O[C@H](CO)[C@@H](O)[C@H](O)[C@H]2O)O[C@H]2C[C@H]3[C@@H]4CC=C5C[C@@H](O[C@@H]6O[C@H](CO)[C@H](O[C@@H]7O[C@H](CO)[C@@H](O)[C@H](O[C@@H]8OC[C@@H](O)[C@H](O)[C@H]8O)[C@H]7O[C@@H]7O[C@H](CO)[C@@H](O)[C@H](O[C@@H]8O[C@H](CO)[C@@H](O)[C@H](O)[C@H]8O)[C@H]7O)[C@H](O)[C@H]6O)[C@H](O)C[C@]5(C)[C@H]4CC[C@]3(C)[C@@H]12. The molecule has 11 aliphatic rings. The van der Waals surface area contributed by atoms with Gasteiger partial charge in [0.2, 0.25) is 0 Å². The molecule has 33 heteroatoms. The topological polar surface area (TPSA) is 525 Å². The third kappa shape index (κ3) is 14.0. The van der Waals surface area contributed by atoms with Crippen LogP contribution < -0.4 is 0 Å². The van der Waals surface area contributed by atoms with Crippen LogP contribution in [-0.2, 0) is 61.6 Å². The van der Waals surface area contributed by atoms with E-state index in [-0.39, 0.29) is 42.3 Å². The quantitative estimate of drug-likeness (QED) is 0.0475. The second-order valence-corrected chi connectivity index (χ2v) is 29.6. The van der Waals surface area contributed by atoms with Crippen LogP contribution in [0.1, 0.15) is 86.0 Å². The fourth-order valence-electron chi connectivity index (χ4n) is 17.4. The third-order valence-corrected chi connectivity index (χ3v) is 23.0. The standard InChI is InChI=1S/C63H102O33/c1-22-29(9-10-61(2,3)21-85-56-47(80)43(76)39(72)32(15-64)88-56)86-31-13-26-24-7-6-23-12-30(27(69)14-63(23,5)25(24)8-11-62(26,4)37(22)31)87-57-49(82)45(78)51(36(19-68)92-57)93-60-54(53(42(75)35(18-67)91-60)95-55-46(79)38(71)28(70)20-84-55)96-59-50(83)52(41(74)34(17-66)90-59)94-58-48(81)44(77)40(73)33(16-65)89-58/h6,24-28,30-60,64-83H,7-21H2,1-5H3/t24-,25+,26+,27-,28-,30-,31+,32-,33-,34-,35-,36-,37+,38+,39-,40-,41-,42-,43+,44+,45-,46-,47-,48-,49-,50-,51+,52+,53+,54-,55+,56-,57-,58+,59+,60+,62+,63+/m1/s1. The molecule has 7 heterocycles. The van der Waals surface area contributed by atoms with Gasteiger partial charge in [-0.05, 0) is 91.4 Å². The van der Waals surface area contributed by atoms with E-state index in [0.29, 0.717) is 25.2 Å². The van der Waals surface area contributed by atoms with E-state index in [2.05, 4.69) is 26.8 Å². The molecule has 33 nitrogen and oxygen atoms in total. The number of aliphatic hydroxyl groups excluding tert-OH is 20. The van der Waals surface area contributed by atoms with Crippen LogP contribution in [0.4, 0.5) is 0 Å². The molecule has 552 valence electrons. The van der Waals surface area contributed by atoms with Gasteiger partial charge in [-0.3, -0.25) is 0 Å². The van der Waals surface area contributed by atoms with E-state index in [0.717, 1.165) is 37.0 Å². The molecular weight excluding hydrogens is 1280 g/mol. The monoisotopic (exact) mass is 1390 g/mol. The van der Waals surface area contributed by atoms with E-state index in [9.17, 15) is 102 Å². The molecule has 20 N–H and O–H groups in total. The fourth-order valence-corrected chi connectivity index (χ4v) is 17.4. The lowest BCUT2D eigenvalue weighted by Gasteiger charge is -2.58. The van der Waals surface area contributed by atoms with E-state index in [1.807, 2.05) is 13.8 Å². The Balaban J connectivity index is 0.760. The highest BCUT2D eigenvalue weighted by Gasteiger charge is 2.65. The van der Waals surface area contributed by atoms with Gasteiger partial charge >= 0.3 is 0 Å². The van der Waals surface area contributed by atoms with E-state index in [1.54, 1.807) is 0 Å². The summed E-state index contributed by atoms with van der Waals surface area (Å²) >= 11 is 0. The summed E-state index contributed by atoms with van der Waals surface area (Å²) in [5, 5.41) is 217. The van der Waals surface area contributed by atoms with Gasteiger partial charge in [-0.25, -0.2) is 0 Å². The smallest absolute Gasteiger partial charge is 0.187 e. The van der Waals surface area contributed by atoms with Crippen LogP contribution >= 0.6 is 0 Å². The maximum atomic E-state index is 12.1.